The van der Waals surface area contributed by atoms with Gasteiger partial charge in [-0.05, 0) is 19.3 Å². The second-order valence-corrected chi connectivity index (χ2v) is 3.33. The van der Waals surface area contributed by atoms with Crippen molar-refractivity contribution in [1.82, 2.24) is 4.90 Å². The van der Waals surface area contributed by atoms with Gasteiger partial charge in [-0.15, -0.1) is 0 Å². The molecule has 1 amide bonds. The molecule has 1 atom stereocenters. The van der Waals surface area contributed by atoms with E-state index in [2.05, 4.69) is 0 Å². The van der Waals surface area contributed by atoms with Gasteiger partial charge in [0.2, 0.25) is 5.91 Å². The molecule has 1 heterocycles. The molecule has 4 nitrogen and oxygen atoms in total. The molecule has 14 heavy (non-hydrogen) atoms. The van der Waals surface area contributed by atoms with Gasteiger partial charge in [0, 0.05) is 32.4 Å². The number of nitrogens with zero attached hydrogens (tertiary/aromatic N) is 1. The fourth-order valence-electron chi connectivity index (χ4n) is 1.68. The van der Waals surface area contributed by atoms with E-state index in [1.165, 1.54) is 4.90 Å². The normalized spacial score (nSPS) is 20.4. The van der Waals surface area contributed by atoms with E-state index in [1.807, 2.05) is 6.92 Å². The van der Waals surface area contributed by atoms with Crippen molar-refractivity contribution in [3.8, 4) is 0 Å². The first kappa shape index (κ1) is 13.6. The molecule has 0 radical (unpaired) electrons. The van der Waals surface area contributed by atoms with Gasteiger partial charge in [0.05, 0.1) is 0 Å². The summed E-state index contributed by atoms with van der Waals surface area (Å²) in [6.07, 6.45) is 2.66. The first-order valence-corrected chi connectivity index (χ1v) is 4.69. The molecule has 1 fully saturated rings. The van der Waals surface area contributed by atoms with Crippen molar-refractivity contribution in [1.29, 1.82) is 0 Å². The van der Waals surface area contributed by atoms with E-state index < -0.39 is 12.0 Å². The van der Waals surface area contributed by atoms with Crippen LogP contribution in [-0.2, 0) is 29.1 Å². The van der Waals surface area contributed by atoms with Crippen molar-refractivity contribution in [2.75, 3.05) is 6.54 Å². The van der Waals surface area contributed by atoms with Crippen LogP contribution in [0, 0.1) is 0 Å². The average Bonchev–Trinajstić information content (AvgIpc) is 2.52. The predicted molar refractivity (Wildman–Crippen MR) is 47.3 cm³/mol. The van der Waals surface area contributed by atoms with Gasteiger partial charge in [-0.25, -0.2) is 4.79 Å². The Morgan fingerprint density at radius 3 is 2.64 bits per heavy atom. The molecule has 0 spiro atoms. The Labute approximate surface area is 96.4 Å². The SMILES string of the molecule is CCCC(=O)N1CCC[C@H]1C(=O)O.[Zn]. The van der Waals surface area contributed by atoms with Crippen LogP contribution in [0.3, 0.4) is 0 Å². The Morgan fingerprint density at radius 1 is 1.50 bits per heavy atom. The van der Waals surface area contributed by atoms with Crippen LogP contribution >= 0.6 is 0 Å². The van der Waals surface area contributed by atoms with E-state index in [4.69, 9.17) is 5.11 Å². The molecule has 0 aromatic carbocycles. The standard InChI is InChI=1S/C9H15NO3.Zn/c1-2-4-8(11)10-6-3-5-7(10)9(12)13;/h7H,2-6H2,1H3,(H,12,13);/t7-;/m0./s1. The Kier molecular flexibility index (Phi) is 5.93. The maximum Gasteiger partial charge on any atom is 0.326 e. The van der Waals surface area contributed by atoms with E-state index in [0.29, 0.717) is 19.4 Å². The van der Waals surface area contributed by atoms with Crippen molar-refractivity contribution in [3.63, 3.8) is 0 Å². The summed E-state index contributed by atoms with van der Waals surface area (Å²) in [5, 5.41) is 8.81. The molecule has 1 aliphatic heterocycles. The van der Waals surface area contributed by atoms with Crippen LogP contribution in [0.4, 0.5) is 0 Å². The van der Waals surface area contributed by atoms with Crippen LogP contribution < -0.4 is 0 Å². The van der Waals surface area contributed by atoms with Crippen molar-refractivity contribution in [3.05, 3.63) is 0 Å². The van der Waals surface area contributed by atoms with Gasteiger partial charge in [-0.1, -0.05) is 6.92 Å². The quantitative estimate of drug-likeness (QED) is 0.756. The van der Waals surface area contributed by atoms with Gasteiger partial charge < -0.3 is 10.0 Å². The molecular formula is C9H15NO3Zn. The number of carboxylic acids is 1. The first-order chi connectivity index (χ1) is 6.16. The van der Waals surface area contributed by atoms with Crippen molar-refractivity contribution in [2.45, 2.75) is 38.6 Å². The molecule has 0 bridgehead atoms. The van der Waals surface area contributed by atoms with Gasteiger partial charge in [0.1, 0.15) is 6.04 Å². The summed E-state index contributed by atoms with van der Waals surface area (Å²) in [5.41, 5.74) is 0. The van der Waals surface area contributed by atoms with Crippen molar-refractivity contribution in [2.24, 2.45) is 0 Å². The van der Waals surface area contributed by atoms with Gasteiger partial charge in [0.15, 0.2) is 0 Å². The summed E-state index contributed by atoms with van der Waals surface area (Å²) in [7, 11) is 0. The smallest absolute Gasteiger partial charge is 0.326 e. The predicted octanol–water partition coefficient (Wildman–Crippen LogP) is 0.860. The Bertz CT molecular complexity index is 220. The summed E-state index contributed by atoms with van der Waals surface area (Å²) in [4.78, 5) is 23.6. The topological polar surface area (TPSA) is 57.6 Å². The molecule has 5 heteroatoms. The number of carboxylic acid groups (broad SMARTS) is 1. The van der Waals surface area contributed by atoms with E-state index in [0.717, 1.165) is 12.8 Å². The second kappa shape index (κ2) is 6.12. The van der Waals surface area contributed by atoms with Gasteiger partial charge >= 0.3 is 5.97 Å². The second-order valence-electron chi connectivity index (χ2n) is 3.33. The van der Waals surface area contributed by atoms with E-state index in [1.54, 1.807) is 0 Å². The molecule has 76 valence electrons. The van der Waals surface area contributed by atoms with Crippen molar-refractivity contribution >= 4 is 11.9 Å². The van der Waals surface area contributed by atoms with E-state index >= 15 is 0 Å². The average molecular weight is 251 g/mol. The summed E-state index contributed by atoms with van der Waals surface area (Å²) in [5.74, 6) is -0.894. The molecule has 1 rings (SSSR count). The Morgan fingerprint density at radius 2 is 2.14 bits per heavy atom. The number of aliphatic carboxylic acids is 1. The molecule has 0 aromatic rings. The zero-order chi connectivity index (χ0) is 9.84. The molecule has 0 unspecified atom stereocenters. The zero-order valence-corrected chi connectivity index (χ0v) is 11.5. The van der Waals surface area contributed by atoms with Crippen LogP contribution in [0.15, 0.2) is 0 Å². The summed E-state index contributed by atoms with van der Waals surface area (Å²) >= 11 is 0. The minimum atomic E-state index is -0.873. The van der Waals surface area contributed by atoms with Crippen LogP contribution in [0.5, 0.6) is 0 Å². The van der Waals surface area contributed by atoms with E-state index in [9.17, 15) is 9.59 Å². The maximum absolute atomic E-state index is 11.4. The largest absolute Gasteiger partial charge is 0.480 e. The molecule has 1 aliphatic rings. The van der Waals surface area contributed by atoms with Gasteiger partial charge in [0.25, 0.3) is 0 Å². The number of carbonyl (C=O) groups excluding carboxylic acids is 1. The molecule has 1 saturated heterocycles. The monoisotopic (exact) mass is 249 g/mol. The number of carbonyl (C=O) groups is 2. The van der Waals surface area contributed by atoms with Crippen LogP contribution in [0.25, 0.3) is 0 Å². The molecule has 1 N–H and O–H groups in total. The molecule has 0 aliphatic carbocycles. The summed E-state index contributed by atoms with van der Waals surface area (Å²) < 4.78 is 0. The fourth-order valence-corrected chi connectivity index (χ4v) is 1.68. The Hall–Kier alpha value is -0.437. The summed E-state index contributed by atoms with van der Waals surface area (Å²) in [6.45, 7) is 2.53. The zero-order valence-electron chi connectivity index (χ0n) is 8.53. The van der Waals surface area contributed by atoms with E-state index in [-0.39, 0.29) is 25.4 Å². The number of amides is 1. The fraction of sp³-hybridized carbons (Fsp3) is 0.778. The van der Waals surface area contributed by atoms with Crippen LogP contribution in [0.2, 0.25) is 0 Å². The van der Waals surface area contributed by atoms with Gasteiger partial charge in [-0.3, -0.25) is 4.79 Å². The Balaban J connectivity index is 0.00000169. The molecule has 0 aromatic heterocycles. The minimum absolute atomic E-state index is 0. The van der Waals surface area contributed by atoms with Gasteiger partial charge in [-0.2, -0.15) is 0 Å². The third-order valence-corrected chi connectivity index (χ3v) is 2.32. The van der Waals surface area contributed by atoms with Crippen LogP contribution in [0.1, 0.15) is 32.6 Å². The molecule has 0 saturated carbocycles. The maximum atomic E-state index is 11.4. The number of hydrogen-bond acceptors (Lipinski definition) is 2. The van der Waals surface area contributed by atoms with Crippen molar-refractivity contribution < 1.29 is 34.2 Å². The number of rotatable bonds is 3. The summed E-state index contributed by atoms with van der Waals surface area (Å²) in [6, 6.07) is -0.570. The molecular weight excluding hydrogens is 235 g/mol. The number of likely N-dealkylation sites (tertiary alicyclic amines) is 1. The number of hydrogen-bond donors (Lipinski definition) is 1. The first-order valence-electron chi connectivity index (χ1n) is 4.69. The third-order valence-electron chi connectivity index (χ3n) is 2.32. The third kappa shape index (κ3) is 3.05. The van der Waals surface area contributed by atoms with Crippen LogP contribution in [-0.4, -0.2) is 34.5 Å². The minimum Gasteiger partial charge on any atom is -0.480 e.